The first kappa shape index (κ1) is 10.8. The molecule has 0 aliphatic carbocycles. The Hall–Kier alpha value is -2.29. The maximum atomic E-state index is 5.88. The van der Waals surface area contributed by atoms with E-state index in [0.29, 0.717) is 6.01 Å². The summed E-state index contributed by atoms with van der Waals surface area (Å²) in [4.78, 5) is 4.49. The molecule has 18 heavy (non-hydrogen) atoms. The Balaban J connectivity index is 2.06. The number of hydrogen-bond acceptors (Lipinski definition) is 2. The van der Waals surface area contributed by atoms with Gasteiger partial charge in [0.1, 0.15) is 5.75 Å². The molecule has 3 heteroatoms. The summed E-state index contributed by atoms with van der Waals surface area (Å²) in [7, 11) is 1.96. The van der Waals surface area contributed by atoms with E-state index in [1.165, 1.54) is 0 Å². The van der Waals surface area contributed by atoms with Crippen molar-refractivity contribution in [1.82, 2.24) is 9.55 Å². The molecule has 3 aromatic rings. The van der Waals surface area contributed by atoms with Crippen LogP contribution < -0.4 is 4.74 Å². The number of aromatic nitrogens is 2. The van der Waals surface area contributed by atoms with Gasteiger partial charge in [-0.1, -0.05) is 30.3 Å². The van der Waals surface area contributed by atoms with E-state index in [1.54, 1.807) is 0 Å². The van der Waals surface area contributed by atoms with E-state index in [1.807, 2.05) is 67.1 Å². The Kier molecular flexibility index (Phi) is 2.52. The van der Waals surface area contributed by atoms with Gasteiger partial charge in [-0.05, 0) is 30.7 Å². The van der Waals surface area contributed by atoms with Crippen LogP contribution >= 0.6 is 0 Å². The van der Waals surface area contributed by atoms with Crippen molar-refractivity contribution >= 4 is 11.0 Å². The number of ether oxygens (including phenoxy) is 1. The molecule has 0 saturated carbocycles. The topological polar surface area (TPSA) is 27.1 Å². The molecule has 1 aromatic heterocycles. The number of aryl methyl sites for hydroxylation is 2. The number of nitrogens with zero attached hydrogens (tertiary/aromatic N) is 2. The minimum atomic E-state index is 0.616. The Morgan fingerprint density at radius 3 is 2.50 bits per heavy atom. The molecule has 0 bridgehead atoms. The van der Waals surface area contributed by atoms with Crippen LogP contribution in [0.4, 0.5) is 0 Å². The Morgan fingerprint density at radius 2 is 1.72 bits per heavy atom. The first-order chi connectivity index (χ1) is 8.75. The summed E-state index contributed by atoms with van der Waals surface area (Å²) in [6.07, 6.45) is 0. The highest BCUT2D eigenvalue weighted by molar-refractivity contribution is 5.76. The van der Waals surface area contributed by atoms with Crippen molar-refractivity contribution in [1.29, 1.82) is 0 Å². The van der Waals surface area contributed by atoms with Crippen LogP contribution in [0, 0.1) is 6.92 Å². The van der Waals surface area contributed by atoms with Gasteiger partial charge in [-0.15, -0.1) is 0 Å². The van der Waals surface area contributed by atoms with Gasteiger partial charge in [0.2, 0.25) is 0 Å². The lowest BCUT2D eigenvalue weighted by Gasteiger charge is -2.07. The summed E-state index contributed by atoms with van der Waals surface area (Å²) in [5, 5.41) is 0. The predicted octanol–water partition coefficient (Wildman–Crippen LogP) is 3.67. The van der Waals surface area contributed by atoms with Crippen molar-refractivity contribution < 1.29 is 4.74 Å². The van der Waals surface area contributed by atoms with E-state index in [9.17, 15) is 0 Å². The molecule has 0 fully saturated rings. The highest BCUT2D eigenvalue weighted by atomic mass is 16.5. The number of benzene rings is 2. The summed E-state index contributed by atoms with van der Waals surface area (Å²) in [5.74, 6) is 0.843. The maximum absolute atomic E-state index is 5.88. The second-order valence-electron chi connectivity index (χ2n) is 4.31. The SMILES string of the molecule is Cc1ccccc1Oc1nc2ccccc2n1C. The van der Waals surface area contributed by atoms with Crippen LogP contribution in [0.15, 0.2) is 48.5 Å². The van der Waals surface area contributed by atoms with Crippen molar-refractivity contribution in [3.05, 3.63) is 54.1 Å². The van der Waals surface area contributed by atoms with Crippen LogP contribution in [-0.4, -0.2) is 9.55 Å². The van der Waals surface area contributed by atoms with Gasteiger partial charge in [-0.3, -0.25) is 4.57 Å². The number of fused-ring (bicyclic) bond motifs is 1. The van der Waals surface area contributed by atoms with Crippen LogP contribution in [0.1, 0.15) is 5.56 Å². The first-order valence-corrected chi connectivity index (χ1v) is 5.90. The molecular weight excluding hydrogens is 224 g/mol. The zero-order valence-corrected chi connectivity index (χ0v) is 10.4. The summed E-state index contributed by atoms with van der Waals surface area (Å²) >= 11 is 0. The molecule has 0 aliphatic rings. The molecule has 0 unspecified atom stereocenters. The van der Waals surface area contributed by atoms with Crippen LogP contribution in [0.25, 0.3) is 11.0 Å². The molecule has 1 heterocycles. The molecule has 0 saturated heterocycles. The van der Waals surface area contributed by atoms with Crippen molar-refractivity contribution in [3.8, 4) is 11.8 Å². The third-order valence-corrected chi connectivity index (χ3v) is 3.04. The van der Waals surface area contributed by atoms with E-state index in [-0.39, 0.29) is 0 Å². The van der Waals surface area contributed by atoms with Gasteiger partial charge in [-0.25, -0.2) is 0 Å². The van der Waals surface area contributed by atoms with E-state index in [2.05, 4.69) is 4.98 Å². The summed E-state index contributed by atoms with van der Waals surface area (Å²) < 4.78 is 7.84. The lowest BCUT2D eigenvalue weighted by atomic mass is 10.2. The van der Waals surface area contributed by atoms with E-state index in [0.717, 1.165) is 22.3 Å². The molecule has 3 nitrogen and oxygen atoms in total. The average Bonchev–Trinajstić information content (AvgIpc) is 2.70. The monoisotopic (exact) mass is 238 g/mol. The van der Waals surface area contributed by atoms with Gasteiger partial charge in [-0.2, -0.15) is 4.98 Å². The minimum Gasteiger partial charge on any atom is -0.425 e. The molecule has 0 amide bonds. The van der Waals surface area contributed by atoms with Gasteiger partial charge in [0.05, 0.1) is 11.0 Å². The van der Waals surface area contributed by atoms with Crippen molar-refractivity contribution in [2.45, 2.75) is 6.92 Å². The minimum absolute atomic E-state index is 0.616. The lowest BCUT2D eigenvalue weighted by molar-refractivity contribution is 0.425. The quantitative estimate of drug-likeness (QED) is 0.681. The number of para-hydroxylation sites is 3. The van der Waals surface area contributed by atoms with Crippen molar-refractivity contribution in [3.63, 3.8) is 0 Å². The van der Waals surface area contributed by atoms with Crippen LogP contribution in [0.3, 0.4) is 0 Å². The van der Waals surface area contributed by atoms with Crippen LogP contribution in [0.5, 0.6) is 11.8 Å². The zero-order chi connectivity index (χ0) is 12.5. The van der Waals surface area contributed by atoms with E-state index in [4.69, 9.17) is 4.74 Å². The van der Waals surface area contributed by atoms with Crippen molar-refractivity contribution in [2.75, 3.05) is 0 Å². The number of hydrogen-bond donors (Lipinski definition) is 0. The zero-order valence-electron chi connectivity index (χ0n) is 10.4. The highest BCUT2D eigenvalue weighted by Gasteiger charge is 2.09. The molecule has 0 radical (unpaired) electrons. The van der Waals surface area contributed by atoms with Crippen molar-refractivity contribution in [2.24, 2.45) is 7.05 Å². The van der Waals surface area contributed by atoms with Gasteiger partial charge in [0.25, 0.3) is 0 Å². The fraction of sp³-hybridized carbons (Fsp3) is 0.133. The predicted molar refractivity (Wildman–Crippen MR) is 72.0 cm³/mol. The lowest BCUT2D eigenvalue weighted by Crippen LogP contribution is -1.95. The number of imidazole rings is 1. The van der Waals surface area contributed by atoms with Crippen LogP contribution in [0.2, 0.25) is 0 Å². The molecule has 3 rings (SSSR count). The average molecular weight is 238 g/mol. The largest absolute Gasteiger partial charge is 0.425 e. The van der Waals surface area contributed by atoms with Gasteiger partial charge >= 0.3 is 6.01 Å². The molecule has 2 aromatic carbocycles. The molecule has 0 aliphatic heterocycles. The van der Waals surface area contributed by atoms with Gasteiger partial charge in [0.15, 0.2) is 0 Å². The smallest absolute Gasteiger partial charge is 0.302 e. The molecule has 0 atom stereocenters. The molecule has 90 valence electrons. The maximum Gasteiger partial charge on any atom is 0.302 e. The van der Waals surface area contributed by atoms with Gasteiger partial charge in [0, 0.05) is 7.05 Å². The molecular formula is C15H14N2O. The third-order valence-electron chi connectivity index (χ3n) is 3.04. The fourth-order valence-electron chi connectivity index (χ4n) is 1.98. The number of rotatable bonds is 2. The highest BCUT2D eigenvalue weighted by Crippen LogP contribution is 2.26. The second-order valence-corrected chi connectivity index (χ2v) is 4.31. The summed E-state index contributed by atoms with van der Waals surface area (Å²) in [5.41, 5.74) is 3.12. The standard InChI is InChI=1S/C15H14N2O/c1-11-7-3-6-10-14(11)18-15-16-12-8-4-5-9-13(12)17(15)2/h3-10H,1-2H3. The molecule has 0 spiro atoms. The van der Waals surface area contributed by atoms with Gasteiger partial charge < -0.3 is 4.74 Å². The molecule has 0 N–H and O–H groups in total. The normalized spacial score (nSPS) is 10.8. The second kappa shape index (κ2) is 4.18. The fourth-order valence-corrected chi connectivity index (χ4v) is 1.98. The summed E-state index contributed by atoms with van der Waals surface area (Å²) in [6.45, 7) is 2.03. The Bertz CT molecular complexity index is 701. The van der Waals surface area contributed by atoms with Crippen LogP contribution in [-0.2, 0) is 7.05 Å². The Morgan fingerprint density at radius 1 is 1.00 bits per heavy atom. The Labute approximate surface area is 106 Å². The summed E-state index contributed by atoms with van der Waals surface area (Å²) in [6, 6.07) is 16.6. The third kappa shape index (κ3) is 1.74. The van der Waals surface area contributed by atoms with E-state index < -0.39 is 0 Å². The van der Waals surface area contributed by atoms with E-state index >= 15 is 0 Å². The first-order valence-electron chi connectivity index (χ1n) is 5.90.